The van der Waals surface area contributed by atoms with Crippen LogP contribution in [0.5, 0.6) is 0 Å². The van der Waals surface area contributed by atoms with Crippen LogP contribution in [-0.2, 0) is 0 Å². The third-order valence-electron chi connectivity index (χ3n) is 2.55. The monoisotopic (exact) mass is 162 g/mol. The van der Waals surface area contributed by atoms with Crippen molar-refractivity contribution in [3.8, 4) is 0 Å². The molecule has 0 fully saturated rings. The Morgan fingerprint density at radius 1 is 1.42 bits per heavy atom. The number of allylic oxidation sites excluding steroid dienone is 5. The second kappa shape index (κ2) is 3.75. The minimum absolute atomic E-state index is 0.588. The van der Waals surface area contributed by atoms with Gasteiger partial charge in [0.15, 0.2) is 0 Å². The van der Waals surface area contributed by atoms with Crippen LogP contribution in [0.2, 0.25) is 0 Å². The molecule has 1 aliphatic rings. The summed E-state index contributed by atoms with van der Waals surface area (Å²) in [5.41, 5.74) is 4.15. The summed E-state index contributed by atoms with van der Waals surface area (Å²) in [5, 5.41) is 0. The smallest absolute Gasteiger partial charge is 0.00179 e. The first-order valence-corrected chi connectivity index (χ1v) is 4.77. The summed E-state index contributed by atoms with van der Waals surface area (Å²) in [6.07, 6.45) is 6.87. The van der Waals surface area contributed by atoms with Crippen molar-refractivity contribution in [3.63, 3.8) is 0 Å². The third kappa shape index (κ3) is 1.69. The molecule has 0 amide bonds. The molecule has 0 heterocycles. The molecule has 0 radical (unpaired) electrons. The maximum atomic E-state index is 4.14. The summed E-state index contributed by atoms with van der Waals surface area (Å²) in [4.78, 5) is 0. The van der Waals surface area contributed by atoms with Crippen LogP contribution in [-0.4, -0.2) is 0 Å². The van der Waals surface area contributed by atoms with Crippen molar-refractivity contribution in [2.45, 2.75) is 33.6 Å². The molecular weight excluding hydrogens is 144 g/mol. The van der Waals surface area contributed by atoms with Gasteiger partial charge >= 0.3 is 0 Å². The molecule has 1 atom stereocenters. The predicted molar refractivity (Wildman–Crippen MR) is 55.1 cm³/mol. The van der Waals surface area contributed by atoms with Gasteiger partial charge in [0.1, 0.15) is 0 Å². The maximum absolute atomic E-state index is 4.14. The van der Waals surface area contributed by atoms with Crippen molar-refractivity contribution in [1.29, 1.82) is 0 Å². The Kier molecular flexibility index (Phi) is 2.91. The van der Waals surface area contributed by atoms with Crippen LogP contribution >= 0.6 is 0 Å². The Morgan fingerprint density at radius 3 is 2.58 bits per heavy atom. The Hall–Kier alpha value is -0.780. The molecule has 0 heteroatoms. The lowest BCUT2D eigenvalue weighted by Crippen LogP contribution is -2.06. The van der Waals surface area contributed by atoms with Gasteiger partial charge in [-0.25, -0.2) is 0 Å². The lowest BCUT2D eigenvalue weighted by Gasteiger charge is -2.21. The molecule has 0 spiro atoms. The standard InChI is InChI=1S/C12H18/c1-5-11-7-9(3)8-12(6-2)10(11)4/h7-8,11H,4-6H2,1-3H3. The van der Waals surface area contributed by atoms with E-state index in [1.165, 1.54) is 23.1 Å². The summed E-state index contributed by atoms with van der Waals surface area (Å²) in [6, 6.07) is 0. The summed E-state index contributed by atoms with van der Waals surface area (Å²) in [6.45, 7) is 10.7. The molecule has 1 rings (SSSR count). The fraction of sp³-hybridized carbons (Fsp3) is 0.500. The van der Waals surface area contributed by atoms with Gasteiger partial charge in [-0.1, -0.05) is 38.2 Å². The van der Waals surface area contributed by atoms with E-state index in [1.807, 2.05) is 0 Å². The second-order valence-electron chi connectivity index (χ2n) is 3.47. The van der Waals surface area contributed by atoms with Crippen LogP contribution in [0.4, 0.5) is 0 Å². The average Bonchev–Trinajstić information content (AvgIpc) is 2.08. The Bertz CT molecular complexity index is 241. The van der Waals surface area contributed by atoms with E-state index in [9.17, 15) is 0 Å². The van der Waals surface area contributed by atoms with E-state index in [0.29, 0.717) is 5.92 Å². The van der Waals surface area contributed by atoms with E-state index in [2.05, 4.69) is 39.5 Å². The van der Waals surface area contributed by atoms with Gasteiger partial charge in [0.25, 0.3) is 0 Å². The fourth-order valence-corrected chi connectivity index (χ4v) is 1.77. The van der Waals surface area contributed by atoms with E-state index in [-0.39, 0.29) is 0 Å². The predicted octanol–water partition coefficient (Wildman–Crippen LogP) is 3.87. The van der Waals surface area contributed by atoms with Crippen LogP contribution in [0.3, 0.4) is 0 Å². The Labute approximate surface area is 75.7 Å². The molecular formula is C12H18. The van der Waals surface area contributed by atoms with Gasteiger partial charge in [0, 0.05) is 5.92 Å². The minimum atomic E-state index is 0.588. The molecule has 0 saturated heterocycles. The zero-order valence-electron chi connectivity index (χ0n) is 8.35. The number of rotatable bonds is 2. The van der Waals surface area contributed by atoms with Crippen molar-refractivity contribution in [2.24, 2.45) is 5.92 Å². The fourth-order valence-electron chi connectivity index (χ4n) is 1.77. The first kappa shape index (κ1) is 9.31. The molecule has 0 aromatic carbocycles. The first-order chi connectivity index (χ1) is 5.69. The van der Waals surface area contributed by atoms with Gasteiger partial charge in [-0.15, -0.1) is 0 Å². The molecule has 0 saturated carbocycles. The van der Waals surface area contributed by atoms with E-state index in [1.54, 1.807) is 0 Å². The maximum Gasteiger partial charge on any atom is 0.00179 e. The Balaban J connectivity index is 2.91. The normalized spacial score (nSPS) is 23.6. The van der Waals surface area contributed by atoms with E-state index < -0.39 is 0 Å². The average molecular weight is 162 g/mol. The highest BCUT2D eigenvalue weighted by molar-refractivity contribution is 5.43. The van der Waals surface area contributed by atoms with Crippen molar-refractivity contribution in [3.05, 3.63) is 35.5 Å². The van der Waals surface area contributed by atoms with Crippen molar-refractivity contribution in [2.75, 3.05) is 0 Å². The number of hydrogen-bond acceptors (Lipinski definition) is 0. The van der Waals surface area contributed by atoms with Gasteiger partial charge in [0.2, 0.25) is 0 Å². The second-order valence-corrected chi connectivity index (χ2v) is 3.47. The molecule has 12 heavy (non-hydrogen) atoms. The molecule has 1 aliphatic carbocycles. The molecule has 0 aromatic rings. The highest BCUT2D eigenvalue weighted by atomic mass is 14.2. The van der Waals surface area contributed by atoms with Gasteiger partial charge in [-0.3, -0.25) is 0 Å². The van der Waals surface area contributed by atoms with Crippen LogP contribution < -0.4 is 0 Å². The third-order valence-corrected chi connectivity index (χ3v) is 2.55. The highest BCUT2D eigenvalue weighted by Crippen LogP contribution is 2.30. The topological polar surface area (TPSA) is 0 Å². The quantitative estimate of drug-likeness (QED) is 0.578. The molecule has 66 valence electrons. The zero-order chi connectivity index (χ0) is 9.14. The van der Waals surface area contributed by atoms with E-state index in [4.69, 9.17) is 0 Å². The van der Waals surface area contributed by atoms with Crippen molar-refractivity contribution in [1.82, 2.24) is 0 Å². The molecule has 1 unspecified atom stereocenters. The lowest BCUT2D eigenvalue weighted by atomic mass is 9.84. The van der Waals surface area contributed by atoms with Crippen LogP contribution in [0, 0.1) is 5.92 Å². The highest BCUT2D eigenvalue weighted by Gasteiger charge is 2.14. The van der Waals surface area contributed by atoms with Crippen molar-refractivity contribution >= 4 is 0 Å². The molecule has 0 N–H and O–H groups in total. The summed E-state index contributed by atoms with van der Waals surface area (Å²) < 4.78 is 0. The molecule has 0 bridgehead atoms. The Morgan fingerprint density at radius 2 is 2.08 bits per heavy atom. The van der Waals surface area contributed by atoms with Gasteiger partial charge < -0.3 is 0 Å². The summed E-state index contributed by atoms with van der Waals surface area (Å²) >= 11 is 0. The number of hydrogen-bond donors (Lipinski definition) is 0. The molecule has 0 nitrogen and oxygen atoms in total. The summed E-state index contributed by atoms with van der Waals surface area (Å²) in [7, 11) is 0. The van der Waals surface area contributed by atoms with E-state index in [0.717, 1.165) is 6.42 Å². The van der Waals surface area contributed by atoms with Gasteiger partial charge in [-0.05, 0) is 30.9 Å². The molecule has 0 aliphatic heterocycles. The zero-order valence-corrected chi connectivity index (χ0v) is 8.35. The van der Waals surface area contributed by atoms with Crippen LogP contribution in [0.15, 0.2) is 35.5 Å². The molecule has 0 aromatic heterocycles. The van der Waals surface area contributed by atoms with Gasteiger partial charge in [0.05, 0.1) is 0 Å². The van der Waals surface area contributed by atoms with Crippen LogP contribution in [0.1, 0.15) is 33.6 Å². The summed E-state index contributed by atoms with van der Waals surface area (Å²) in [5.74, 6) is 0.588. The lowest BCUT2D eigenvalue weighted by molar-refractivity contribution is 0.716. The SMILES string of the molecule is C=C1C(CC)=CC(C)=CC1CC. The largest absolute Gasteiger partial charge is 0.0950 e. The van der Waals surface area contributed by atoms with Gasteiger partial charge in [-0.2, -0.15) is 0 Å². The van der Waals surface area contributed by atoms with Crippen LogP contribution in [0.25, 0.3) is 0 Å². The van der Waals surface area contributed by atoms with Crippen molar-refractivity contribution < 1.29 is 0 Å². The minimum Gasteiger partial charge on any atom is -0.0950 e. The first-order valence-electron chi connectivity index (χ1n) is 4.77. The van der Waals surface area contributed by atoms with E-state index >= 15 is 0 Å².